The molecule has 1 aromatic heterocycles. The smallest absolute Gasteiger partial charge is 0.396 e. The summed E-state index contributed by atoms with van der Waals surface area (Å²) < 4.78 is 39.1. The highest BCUT2D eigenvalue weighted by Crippen LogP contribution is 2.33. The van der Waals surface area contributed by atoms with Crippen LogP contribution < -0.4 is 0 Å². The number of aromatic nitrogens is 3. The first-order valence-corrected chi connectivity index (χ1v) is 4.90. The van der Waals surface area contributed by atoms with Crippen molar-refractivity contribution in [2.45, 2.75) is 32.0 Å². The number of rotatable bonds is 4. The monoisotopic (exact) mass is 248 g/mol. The molecule has 17 heavy (non-hydrogen) atoms. The molecular weight excluding hydrogens is 237 g/mol. The number of halogens is 3. The highest BCUT2D eigenvalue weighted by molar-refractivity contribution is 5.18. The minimum atomic E-state index is -4.61. The molecule has 1 heterocycles. The number of aliphatic hydroxyl groups is 1. The van der Waals surface area contributed by atoms with E-state index in [0.717, 1.165) is 0 Å². The van der Waals surface area contributed by atoms with Gasteiger partial charge in [-0.25, -0.2) is 4.68 Å². The lowest BCUT2D eigenvalue weighted by molar-refractivity contribution is -0.145. The minimum absolute atomic E-state index is 0.137. The zero-order valence-corrected chi connectivity index (χ0v) is 9.07. The number of alkyl halides is 3. The van der Waals surface area contributed by atoms with Crippen molar-refractivity contribution in [2.24, 2.45) is 0 Å². The van der Waals surface area contributed by atoms with E-state index in [1.807, 2.05) is 0 Å². The SMILES string of the molecule is CC(CCO)n1nnc(CC#N)c1C(F)(F)F. The van der Waals surface area contributed by atoms with Crippen molar-refractivity contribution in [1.29, 1.82) is 5.26 Å². The molecule has 0 fully saturated rings. The van der Waals surface area contributed by atoms with Gasteiger partial charge in [0.1, 0.15) is 5.69 Å². The summed E-state index contributed by atoms with van der Waals surface area (Å²) >= 11 is 0. The summed E-state index contributed by atoms with van der Waals surface area (Å²) in [7, 11) is 0. The maximum Gasteiger partial charge on any atom is 0.434 e. The quantitative estimate of drug-likeness (QED) is 0.871. The summed E-state index contributed by atoms with van der Waals surface area (Å²) in [5.74, 6) is 0. The lowest BCUT2D eigenvalue weighted by atomic mass is 10.2. The van der Waals surface area contributed by atoms with E-state index in [2.05, 4.69) is 10.3 Å². The molecule has 5 nitrogen and oxygen atoms in total. The molecule has 0 saturated heterocycles. The fourth-order valence-electron chi connectivity index (χ4n) is 1.43. The number of nitrogens with zero attached hydrogens (tertiary/aromatic N) is 4. The van der Waals surface area contributed by atoms with Crippen LogP contribution in [-0.4, -0.2) is 26.7 Å². The Morgan fingerprint density at radius 3 is 2.65 bits per heavy atom. The van der Waals surface area contributed by atoms with Gasteiger partial charge >= 0.3 is 6.18 Å². The molecule has 0 spiro atoms. The van der Waals surface area contributed by atoms with Crippen LogP contribution in [0.5, 0.6) is 0 Å². The van der Waals surface area contributed by atoms with Gasteiger partial charge < -0.3 is 5.11 Å². The summed E-state index contributed by atoms with van der Waals surface area (Å²) in [6.07, 6.45) is -4.92. The normalized spacial score (nSPS) is 13.4. The van der Waals surface area contributed by atoms with Crippen LogP contribution in [0.25, 0.3) is 0 Å². The van der Waals surface area contributed by atoms with E-state index in [0.29, 0.717) is 4.68 Å². The Balaban J connectivity index is 3.19. The molecule has 94 valence electrons. The topological polar surface area (TPSA) is 74.7 Å². The van der Waals surface area contributed by atoms with Gasteiger partial charge in [0.15, 0.2) is 5.69 Å². The van der Waals surface area contributed by atoms with Gasteiger partial charge in [-0.3, -0.25) is 0 Å². The molecule has 0 saturated carbocycles. The van der Waals surface area contributed by atoms with Gasteiger partial charge in [-0.05, 0) is 13.3 Å². The largest absolute Gasteiger partial charge is 0.434 e. The third kappa shape index (κ3) is 2.94. The molecule has 0 aliphatic carbocycles. The van der Waals surface area contributed by atoms with Crippen LogP contribution in [0.3, 0.4) is 0 Å². The third-order valence-electron chi connectivity index (χ3n) is 2.24. The zero-order chi connectivity index (χ0) is 13.1. The van der Waals surface area contributed by atoms with Crippen molar-refractivity contribution in [3.05, 3.63) is 11.4 Å². The first kappa shape index (κ1) is 13.4. The average molecular weight is 248 g/mol. The van der Waals surface area contributed by atoms with Crippen LogP contribution in [0.15, 0.2) is 0 Å². The molecule has 1 N–H and O–H groups in total. The summed E-state index contributed by atoms with van der Waals surface area (Å²) in [6.45, 7) is 1.25. The predicted molar refractivity (Wildman–Crippen MR) is 50.8 cm³/mol. The molecule has 0 aliphatic rings. The molecule has 0 bridgehead atoms. The van der Waals surface area contributed by atoms with Crippen LogP contribution >= 0.6 is 0 Å². The first-order chi connectivity index (χ1) is 7.91. The van der Waals surface area contributed by atoms with Gasteiger partial charge in [-0.2, -0.15) is 18.4 Å². The molecule has 1 unspecified atom stereocenters. The Kier molecular flexibility index (Phi) is 4.07. The van der Waals surface area contributed by atoms with Crippen LogP contribution in [-0.2, 0) is 12.6 Å². The van der Waals surface area contributed by atoms with Crippen LogP contribution in [0, 0.1) is 11.3 Å². The van der Waals surface area contributed by atoms with Crippen molar-refractivity contribution in [1.82, 2.24) is 15.0 Å². The van der Waals surface area contributed by atoms with Gasteiger partial charge in [0.2, 0.25) is 0 Å². The Bertz CT molecular complexity index is 421. The van der Waals surface area contributed by atoms with Crippen molar-refractivity contribution < 1.29 is 18.3 Å². The second kappa shape index (κ2) is 5.14. The highest BCUT2D eigenvalue weighted by atomic mass is 19.4. The molecule has 8 heteroatoms. The fourth-order valence-corrected chi connectivity index (χ4v) is 1.43. The molecule has 0 radical (unpaired) electrons. The van der Waals surface area contributed by atoms with Crippen LogP contribution in [0.1, 0.15) is 30.8 Å². The molecule has 1 atom stereocenters. The number of nitriles is 1. The standard InChI is InChI=1S/C9H11F3N4O/c1-6(3-5-17)16-8(9(10,11)12)7(2-4-13)14-15-16/h6,17H,2-3,5H2,1H3. The Hall–Kier alpha value is -1.62. The number of hydrogen-bond donors (Lipinski definition) is 1. The minimum Gasteiger partial charge on any atom is -0.396 e. The fraction of sp³-hybridized carbons (Fsp3) is 0.667. The second-order valence-electron chi connectivity index (χ2n) is 3.52. The summed E-state index contributed by atoms with van der Waals surface area (Å²) in [5.41, 5.74) is -1.40. The maximum atomic E-state index is 12.8. The van der Waals surface area contributed by atoms with Gasteiger partial charge in [0.05, 0.1) is 18.5 Å². The van der Waals surface area contributed by atoms with Crippen LogP contribution in [0.4, 0.5) is 13.2 Å². The first-order valence-electron chi connectivity index (χ1n) is 4.90. The molecular formula is C9H11F3N4O. The molecule has 0 aromatic carbocycles. The summed E-state index contributed by atoms with van der Waals surface area (Å²) in [5, 5.41) is 23.9. The third-order valence-corrected chi connectivity index (χ3v) is 2.24. The van der Waals surface area contributed by atoms with E-state index in [1.54, 1.807) is 6.07 Å². The maximum absolute atomic E-state index is 12.8. The lowest BCUT2D eigenvalue weighted by Crippen LogP contribution is -2.20. The van der Waals surface area contributed by atoms with E-state index in [-0.39, 0.29) is 18.7 Å². The van der Waals surface area contributed by atoms with Gasteiger partial charge in [0, 0.05) is 6.61 Å². The summed E-state index contributed by atoms with van der Waals surface area (Å²) in [6, 6.07) is 0.987. The van der Waals surface area contributed by atoms with E-state index >= 15 is 0 Å². The predicted octanol–water partition coefficient (Wildman–Crippen LogP) is 1.31. The van der Waals surface area contributed by atoms with Gasteiger partial charge in [0.25, 0.3) is 0 Å². The van der Waals surface area contributed by atoms with Gasteiger partial charge in [-0.15, -0.1) is 5.10 Å². The molecule has 1 rings (SSSR count). The van der Waals surface area contributed by atoms with Gasteiger partial charge in [-0.1, -0.05) is 5.21 Å². The second-order valence-corrected chi connectivity index (χ2v) is 3.52. The Morgan fingerprint density at radius 1 is 1.53 bits per heavy atom. The van der Waals surface area contributed by atoms with Crippen molar-refractivity contribution >= 4 is 0 Å². The highest BCUT2D eigenvalue weighted by Gasteiger charge is 2.40. The number of hydrogen-bond acceptors (Lipinski definition) is 4. The van der Waals surface area contributed by atoms with E-state index in [4.69, 9.17) is 10.4 Å². The zero-order valence-electron chi connectivity index (χ0n) is 9.07. The van der Waals surface area contributed by atoms with E-state index in [9.17, 15) is 13.2 Å². The summed E-state index contributed by atoms with van der Waals surface area (Å²) in [4.78, 5) is 0. The molecule has 0 aliphatic heterocycles. The van der Waals surface area contributed by atoms with E-state index < -0.39 is 24.3 Å². The average Bonchev–Trinajstić information content (AvgIpc) is 2.62. The van der Waals surface area contributed by atoms with Crippen LogP contribution in [0.2, 0.25) is 0 Å². The molecule has 1 aromatic rings. The van der Waals surface area contributed by atoms with Crippen molar-refractivity contribution in [2.75, 3.05) is 6.61 Å². The Morgan fingerprint density at radius 2 is 2.18 bits per heavy atom. The Labute approximate surface area is 95.5 Å². The lowest BCUT2D eigenvalue weighted by Gasteiger charge is -2.15. The van der Waals surface area contributed by atoms with Crippen molar-refractivity contribution in [3.8, 4) is 6.07 Å². The number of aliphatic hydroxyl groups excluding tert-OH is 1. The van der Waals surface area contributed by atoms with E-state index in [1.165, 1.54) is 6.92 Å². The molecule has 0 amide bonds. The van der Waals surface area contributed by atoms with Crippen molar-refractivity contribution in [3.63, 3.8) is 0 Å².